The molecule has 10 heavy (non-hydrogen) atoms. The van der Waals surface area contributed by atoms with Gasteiger partial charge < -0.3 is 0 Å². The lowest BCUT2D eigenvalue weighted by Crippen LogP contribution is -2.29. The number of rotatable bonds is 1. The van der Waals surface area contributed by atoms with Gasteiger partial charge in [-0.25, -0.2) is 0 Å². The van der Waals surface area contributed by atoms with Crippen molar-refractivity contribution in [2.75, 3.05) is 13.1 Å². The highest BCUT2D eigenvalue weighted by Crippen LogP contribution is 2.22. The third-order valence-corrected chi connectivity index (χ3v) is 2.51. The summed E-state index contributed by atoms with van der Waals surface area (Å²) in [6, 6.07) is 0.606. The van der Waals surface area contributed by atoms with Gasteiger partial charge in [0.15, 0.2) is 0 Å². The lowest BCUT2D eigenvalue weighted by Gasteiger charge is -2.19. The van der Waals surface area contributed by atoms with Crippen molar-refractivity contribution in [1.29, 1.82) is 0 Å². The molecule has 1 rings (SSSR count). The Balaban J connectivity index is 2.51. The smallest absolute Gasteiger partial charge is 0.0365 e. The van der Waals surface area contributed by atoms with Gasteiger partial charge in [-0.2, -0.15) is 0 Å². The summed E-state index contributed by atoms with van der Waals surface area (Å²) in [6.45, 7) is 6.74. The van der Waals surface area contributed by atoms with E-state index in [1.54, 1.807) is 0 Å². The topological polar surface area (TPSA) is 3.24 Å². The summed E-state index contributed by atoms with van der Waals surface area (Å²) in [7, 11) is 0. The SMILES string of the molecule is C#CC1CCN(CC)C1C. The van der Waals surface area contributed by atoms with Crippen molar-refractivity contribution in [3.63, 3.8) is 0 Å². The lowest BCUT2D eigenvalue weighted by atomic mass is 10.0. The highest BCUT2D eigenvalue weighted by molar-refractivity contribution is 5.02. The fourth-order valence-electron chi connectivity index (χ4n) is 1.67. The highest BCUT2D eigenvalue weighted by Gasteiger charge is 2.27. The number of terminal acetylenes is 1. The van der Waals surface area contributed by atoms with Crippen LogP contribution in [0.25, 0.3) is 0 Å². The van der Waals surface area contributed by atoms with E-state index in [0.29, 0.717) is 12.0 Å². The number of likely N-dealkylation sites (tertiary alicyclic amines) is 1. The first-order valence-corrected chi connectivity index (χ1v) is 3.99. The van der Waals surface area contributed by atoms with E-state index in [0.717, 1.165) is 6.54 Å². The van der Waals surface area contributed by atoms with Gasteiger partial charge >= 0.3 is 0 Å². The molecular formula is C9H15N. The van der Waals surface area contributed by atoms with Crippen molar-refractivity contribution in [1.82, 2.24) is 4.90 Å². The standard InChI is InChI=1S/C9H15N/c1-4-9-6-7-10(5-2)8(9)3/h1,8-9H,5-7H2,2-3H3. The minimum Gasteiger partial charge on any atom is -0.300 e. The summed E-state index contributed by atoms with van der Waals surface area (Å²) in [5.41, 5.74) is 0. The van der Waals surface area contributed by atoms with E-state index >= 15 is 0 Å². The fraction of sp³-hybridized carbons (Fsp3) is 0.778. The molecule has 2 unspecified atom stereocenters. The van der Waals surface area contributed by atoms with Gasteiger partial charge in [-0.3, -0.25) is 4.90 Å². The Kier molecular flexibility index (Phi) is 2.34. The highest BCUT2D eigenvalue weighted by atomic mass is 15.2. The Morgan fingerprint density at radius 3 is 2.70 bits per heavy atom. The van der Waals surface area contributed by atoms with Gasteiger partial charge in [0.1, 0.15) is 0 Å². The monoisotopic (exact) mass is 137 g/mol. The van der Waals surface area contributed by atoms with Crippen molar-refractivity contribution >= 4 is 0 Å². The van der Waals surface area contributed by atoms with Crippen LogP contribution in [0.1, 0.15) is 20.3 Å². The van der Waals surface area contributed by atoms with Crippen LogP contribution in [-0.2, 0) is 0 Å². The maximum Gasteiger partial charge on any atom is 0.0365 e. The van der Waals surface area contributed by atoms with Crippen LogP contribution in [-0.4, -0.2) is 24.0 Å². The van der Waals surface area contributed by atoms with Crippen LogP contribution in [0.3, 0.4) is 0 Å². The summed E-state index contributed by atoms with van der Waals surface area (Å²) >= 11 is 0. The van der Waals surface area contributed by atoms with E-state index < -0.39 is 0 Å². The number of hydrogen-bond donors (Lipinski definition) is 0. The van der Waals surface area contributed by atoms with Crippen molar-refractivity contribution in [3.05, 3.63) is 0 Å². The zero-order chi connectivity index (χ0) is 7.56. The van der Waals surface area contributed by atoms with E-state index in [-0.39, 0.29) is 0 Å². The van der Waals surface area contributed by atoms with Gasteiger partial charge in [-0.15, -0.1) is 12.3 Å². The maximum atomic E-state index is 5.36. The molecule has 1 nitrogen and oxygen atoms in total. The molecule has 1 heteroatoms. The zero-order valence-electron chi connectivity index (χ0n) is 6.80. The summed E-state index contributed by atoms with van der Waals surface area (Å²) in [5, 5.41) is 0. The fourth-order valence-corrected chi connectivity index (χ4v) is 1.67. The minimum atomic E-state index is 0.500. The zero-order valence-corrected chi connectivity index (χ0v) is 6.80. The largest absolute Gasteiger partial charge is 0.300 e. The van der Waals surface area contributed by atoms with Crippen molar-refractivity contribution in [2.45, 2.75) is 26.3 Å². The molecule has 0 amide bonds. The number of hydrogen-bond acceptors (Lipinski definition) is 1. The number of nitrogens with zero attached hydrogens (tertiary/aromatic N) is 1. The molecule has 0 radical (unpaired) electrons. The van der Waals surface area contributed by atoms with Crippen LogP contribution in [0.15, 0.2) is 0 Å². The molecule has 0 aromatic carbocycles. The minimum absolute atomic E-state index is 0.500. The van der Waals surface area contributed by atoms with Crippen LogP contribution in [0.5, 0.6) is 0 Å². The van der Waals surface area contributed by atoms with E-state index in [4.69, 9.17) is 6.42 Å². The van der Waals surface area contributed by atoms with Gasteiger partial charge in [0.2, 0.25) is 0 Å². The van der Waals surface area contributed by atoms with E-state index in [1.807, 2.05) is 0 Å². The molecule has 1 saturated heterocycles. The molecule has 56 valence electrons. The average Bonchev–Trinajstić information content (AvgIpc) is 2.30. The Bertz CT molecular complexity index is 145. The molecule has 1 aliphatic heterocycles. The third kappa shape index (κ3) is 1.17. The predicted octanol–water partition coefficient (Wildman–Crippen LogP) is 1.35. The Hall–Kier alpha value is -0.480. The van der Waals surface area contributed by atoms with Crippen molar-refractivity contribution in [3.8, 4) is 12.3 Å². The van der Waals surface area contributed by atoms with Crippen LogP contribution in [0.2, 0.25) is 0 Å². The predicted molar refractivity (Wildman–Crippen MR) is 43.6 cm³/mol. The van der Waals surface area contributed by atoms with Crippen molar-refractivity contribution < 1.29 is 0 Å². The van der Waals surface area contributed by atoms with Crippen LogP contribution in [0.4, 0.5) is 0 Å². The molecule has 1 fully saturated rings. The third-order valence-electron chi connectivity index (χ3n) is 2.51. The van der Waals surface area contributed by atoms with E-state index in [2.05, 4.69) is 24.7 Å². The second kappa shape index (κ2) is 3.07. The average molecular weight is 137 g/mol. The van der Waals surface area contributed by atoms with Crippen LogP contribution < -0.4 is 0 Å². The Morgan fingerprint density at radius 1 is 1.70 bits per heavy atom. The molecule has 0 aromatic heterocycles. The summed E-state index contributed by atoms with van der Waals surface area (Å²) in [6.07, 6.45) is 6.55. The van der Waals surface area contributed by atoms with Gasteiger partial charge in [0.05, 0.1) is 0 Å². The molecule has 0 bridgehead atoms. The normalized spacial score (nSPS) is 34.1. The van der Waals surface area contributed by atoms with Crippen LogP contribution >= 0.6 is 0 Å². The Labute approximate surface area is 63.4 Å². The van der Waals surface area contributed by atoms with Crippen molar-refractivity contribution in [2.24, 2.45) is 5.92 Å². The first-order chi connectivity index (χ1) is 4.79. The molecule has 1 heterocycles. The van der Waals surface area contributed by atoms with Gasteiger partial charge in [-0.05, 0) is 26.4 Å². The quantitative estimate of drug-likeness (QED) is 0.493. The lowest BCUT2D eigenvalue weighted by molar-refractivity contribution is 0.270. The summed E-state index contributed by atoms with van der Waals surface area (Å²) < 4.78 is 0. The molecule has 0 spiro atoms. The van der Waals surface area contributed by atoms with E-state index in [1.165, 1.54) is 13.0 Å². The molecule has 0 aromatic rings. The summed E-state index contributed by atoms with van der Waals surface area (Å²) in [4.78, 5) is 2.44. The molecule has 0 aliphatic carbocycles. The van der Waals surface area contributed by atoms with Gasteiger partial charge in [0.25, 0.3) is 0 Å². The molecule has 0 saturated carbocycles. The second-order valence-corrected chi connectivity index (χ2v) is 2.93. The second-order valence-electron chi connectivity index (χ2n) is 2.93. The molecular weight excluding hydrogens is 122 g/mol. The first-order valence-electron chi connectivity index (χ1n) is 3.99. The Morgan fingerprint density at radius 2 is 2.40 bits per heavy atom. The van der Waals surface area contributed by atoms with Crippen LogP contribution in [0, 0.1) is 18.3 Å². The molecule has 2 atom stereocenters. The summed E-state index contributed by atoms with van der Waals surface area (Å²) in [5.74, 6) is 3.34. The molecule has 0 N–H and O–H groups in total. The maximum absolute atomic E-state index is 5.36. The van der Waals surface area contributed by atoms with Gasteiger partial charge in [-0.1, -0.05) is 6.92 Å². The van der Waals surface area contributed by atoms with Gasteiger partial charge in [0, 0.05) is 12.0 Å². The molecule has 1 aliphatic rings. The van der Waals surface area contributed by atoms with E-state index in [9.17, 15) is 0 Å². The first kappa shape index (κ1) is 7.63.